The standard InChI is InChI=1S/C12H14BrNO2/c1-9(13)7-14(2)8-10-3-5-11(6-4-10)12(15)16/h3-6H,1,7-8H2,2H3,(H,15,16). The molecule has 1 rings (SSSR count). The van der Waals surface area contributed by atoms with Crippen LogP contribution in [0.5, 0.6) is 0 Å². The molecule has 0 aliphatic heterocycles. The molecule has 0 amide bonds. The van der Waals surface area contributed by atoms with Crippen LogP contribution in [-0.2, 0) is 6.54 Å². The summed E-state index contributed by atoms with van der Waals surface area (Å²) in [6.45, 7) is 5.30. The van der Waals surface area contributed by atoms with Crippen LogP contribution in [0.4, 0.5) is 0 Å². The van der Waals surface area contributed by atoms with Crippen LogP contribution in [0, 0.1) is 0 Å². The fraction of sp³-hybridized carbons (Fsp3) is 0.250. The normalized spacial score (nSPS) is 10.4. The third-order valence-electron chi connectivity index (χ3n) is 2.09. The fourth-order valence-electron chi connectivity index (χ4n) is 1.41. The van der Waals surface area contributed by atoms with Crippen molar-refractivity contribution in [3.05, 3.63) is 46.5 Å². The number of halogens is 1. The van der Waals surface area contributed by atoms with E-state index in [0.717, 1.165) is 23.1 Å². The van der Waals surface area contributed by atoms with Gasteiger partial charge in [-0.2, -0.15) is 0 Å². The maximum Gasteiger partial charge on any atom is 0.335 e. The molecule has 0 unspecified atom stereocenters. The Morgan fingerprint density at radius 1 is 1.44 bits per heavy atom. The van der Waals surface area contributed by atoms with Crippen LogP contribution in [0.25, 0.3) is 0 Å². The van der Waals surface area contributed by atoms with Gasteiger partial charge in [0.25, 0.3) is 0 Å². The lowest BCUT2D eigenvalue weighted by atomic mass is 10.1. The lowest BCUT2D eigenvalue weighted by Crippen LogP contribution is -2.18. The summed E-state index contributed by atoms with van der Waals surface area (Å²) in [6, 6.07) is 6.90. The minimum atomic E-state index is -0.895. The van der Waals surface area contributed by atoms with E-state index in [0.29, 0.717) is 5.56 Å². The summed E-state index contributed by atoms with van der Waals surface area (Å²) in [5.41, 5.74) is 1.40. The number of nitrogens with zero attached hydrogens (tertiary/aromatic N) is 1. The predicted molar refractivity (Wildman–Crippen MR) is 67.8 cm³/mol. The smallest absolute Gasteiger partial charge is 0.335 e. The molecule has 0 atom stereocenters. The Morgan fingerprint density at radius 3 is 2.44 bits per heavy atom. The molecule has 1 aromatic carbocycles. The molecule has 16 heavy (non-hydrogen) atoms. The van der Waals surface area contributed by atoms with Gasteiger partial charge in [-0.25, -0.2) is 4.79 Å². The quantitative estimate of drug-likeness (QED) is 0.903. The third-order valence-corrected chi connectivity index (χ3v) is 2.35. The molecule has 1 aromatic rings. The highest BCUT2D eigenvalue weighted by Gasteiger charge is 2.04. The van der Waals surface area contributed by atoms with E-state index >= 15 is 0 Å². The second-order valence-corrected chi connectivity index (χ2v) is 4.81. The van der Waals surface area contributed by atoms with Crippen molar-refractivity contribution in [3.8, 4) is 0 Å². The van der Waals surface area contributed by atoms with Crippen molar-refractivity contribution in [3.63, 3.8) is 0 Å². The number of likely N-dealkylation sites (N-methyl/N-ethyl adjacent to an activating group) is 1. The molecular weight excluding hydrogens is 270 g/mol. The van der Waals surface area contributed by atoms with Gasteiger partial charge in [0, 0.05) is 17.6 Å². The lowest BCUT2D eigenvalue weighted by Gasteiger charge is -2.15. The Labute approximate surface area is 104 Å². The van der Waals surface area contributed by atoms with Gasteiger partial charge >= 0.3 is 5.97 Å². The molecule has 0 saturated heterocycles. The van der Waals surface area contributed by atoms with E-state index in [-0.39, 0.29) is 0 Å². The van der Waals surface area contributed by atoms with E-state index in [1.807, 2.05) is 19.2 Å². The highest BCUT2D eigenvalue weighted by Crippen LogP contribution is 2.09. The number of carboxylic acids is 1. The molecule has 4 heteroatoms. The topological polar surface area (TPSA) is 40.5 Å². The number of rotatable bonds is 5. The molecule has 0 aliphatic rings. The minimum Gasteiger partial charge on any atom is -0.478 e. The Balaban J connectivity index is 2.61. The van der Waals surface area contributed by atoms with E-state index in [9.17, 15) is 4.79 Å². The second kappa shape index (κ2) is 5.82. The molecule has 0 spiro atoms. The summed E-state index contributed by atoms with van der Waals surface area (Å²) in [7, 11) is 1.98. The molecule has 0 saturated carbocycles. The van der Waals surface area contributed by atoms with Crippen molar-refractivity contribution in [1.82, 2.24) is 4.90 Å². The molecule has 0 bridgehead atoms. The van der Waals surface area contributed by atoms with Crippen LogP contribution in [-0.4, -0.2) is 29.6 Å². The van der Waals surface area contributed by atoms with Crippen molar-refractivity contribution in [2.45, 2.75) is 6.54 Å². The van der Waals surface area contributed by atoms with Gasteiger partial charge in [-0.05, 0) is 24.7 Å². The zero-order valence-electron chi connectivity index (χ0n) is 9.11. The summed E-state index contributed by atoms with van der Waals surface area (Å²) in [5, 5.41) is 8.75. The van der Waals surface area contributed by atoms with E-state index in [4.69, 9.17) is 5.11 Å². The van der Waals surface area contributed by atoms with Crippen LogP contribution in [0.2, 0.25) is 0 Å². The van der Waals surface area contributed by atoms with Crippen LogP contribution >= 0.6 is 15.9 Å². The second-order valence-electron chi connectivity index (χ2n) is 3.69. The summed E-state index contributed by atoms with van der Waals surface area (Å²) in [5.74, 6) is -0.895. The molecule has 1 N–H and O–H groups in total. The fourth-order valence-corrected chi connectivity index (χ4v) is 1.84. The number of carbonyl (C=O) groups is 1. The van der Waals surface area contributed by atoms with Crippen molar-refractivity contribution in [2.75, 3.05) is 13.6 Å². The Hall–Kier alpha value is -1.13. The summed E-state index contributed by atoms with van der Waals surface area (Å²) in [6.07, 6.45) is 0. The molecule has 0 radical (unpaired) electrons. The monoisotopic (exact) mass is 283 g/mol. The Morgan fingerprint density at radius 2 is 2.00 bits per heavy atom. The largest absolute Gasteiger partial charge is 0.478 e. The molecule has 0 heterocycles. The van der Waals surface area contributed by atoms with Crippen LogP contribution < -0.4 is 0 Å². The molecule has 0 aromatic heterocycles. The average molecular weight is 284 g/mol. The van der Waals surface area contributed by atoms with E-state index in [1.54, 1.807) is 12.1 Å². The van der Waals surface area contributed by atoms with Crippen molar-refractivity contribution in [1.29, 1.82) is 0 Å². The van der Waals surface area contributed by atoms with Crippen LogP contribution in [0.3, 0.4) is 0 Å². The maximum absolute atomic E-state index is 10.7. The molecule has 0 aliphatic carbocycles. The van der Waals surface area contributed by atoms with E-state index in [1.165, 1.54) is 0 Å². The Bertz CT molecular complexity index is 387. The van der Waals surface area contributed by atoms with Crippen LogP contribution in [0.15, 0.2) is 35.3 Å². The van der Waals surface area contributed by atoms with Gasteiger partial charge in [0.2, 0.25) is 0 Å². The average Bonchev–Trinajstić information content (AvgIpc) is 2.16. The van der Waals surface area contributed by atoms with Gasteiger partial charge in [0.15, 0.2) is 0 Å². The summed E-state index contributed by atoms with van der Waals surface area (Å²) >= 11 is 3.31. The molecule has 86 valence electrons. The number of hydrogen-bond acceptors (Lipinski definition) is 2. The zero-order valence-corrected chi connectivity index (χ0v) is 10.7. The van der Waals surface area contributed by atoms with Gasteiger partial charge in [-0.15, -0.1) is 0 Å². The first-order valence-electron chi connectivity index (χ1n) is 4.83. The molecular formula is C12H14BrNO2. The van der Waals surface area contributed by atoms with Gasteiger partial charge < -0.3 is 5.11 Å². The number of aromatic carboxylic acids is 1. The lowest BCUT2D eigenvalue weighted by molar-refractivity contribution is 0.0697. The summed E-state index contributed by atoms with van der Waals surface area (Å²) < 4.78 is 0.928. The van der Waals surface area contributed by atoms with E-state index < -0.39 is 5.97 Å². The van der Waals surface area contributed by atoms with Gasteiger partial charge in [-0.3, -0.25) is 4.90 Å². The molecule has 0 fully saturated rings. The van der Waals surface area contributed by atoms with Gasteiger partial charge in [-0.1, -0.05) is 34.6 Å². The maximum atomic E-state index is 10.7. The van der Waals surface area contributed by atoms with Crippen molar-refractivity contribution in [2.24, 2.45) is 0 Å². The number of benzene rings is 1. The van der Waals surface area contributed by atoms with Gasteiger partial charge in [0.1, 0.15) is 0 Å². The minimum absolute atomic E-state index is 0.316. The molecule has 3 nitrogen and oxygen atoms in total. The highest BCUT2D eigenvalue weighted by atomic mass is 79.9. The Kier molecular flexibility index (Phi) is 4.71. The summed E-state index contributed by atoms with van der Waals surface area (Å²) in [4.78, 5) is 12.7. The van der Waals surface area contributed by atoms with E-state index in [2.05, 4.69) is 27.4 Å². The first kappa shape index (κ1) is 12.9. The number of carboxylic acid groups (broad SMARTS) is 1. The third kappa shape index (κ3) is 4.16. The van der Waals surface area contributed by atoms with Crippen molar-refractivity contribution >= 4 is 21.9 Å². The number of hydrogen-bond donors (Lipinski definition) is 1. The first-order valence-corrected chi connectivity index (χ1v) is 5.62. The van der Waals surface area contributed by atoms with Gasteiger partial charge in [0.05, 0.1) is 5.56 Å². The first-order chi connectivity index (χ1) is 7.49. The predicted octanol–water partition coefficient (Wildman–Crippen LogP) is 2.73. The zero-order chi connectivity index (χ0) is 12.1. The van der Waals surface area contributed by atoms with Crippen molar-refractivity contribution < 1.29 is 9.90 Å². The van der Waals surface area contributed by atoms with Crippen LogP contribution in [0.1, 0.15) is 15.9 Å². The highest BCUT2D eigenvalue weighted by molar-refractivity contribution is 9.11. The SMILES string of the molecule is C=C(Br)CN(C)Cc1ccc(C(=O)O)cc1.